The van der Waals surface area contributed by atoms with Crippen LogP contribution in [0.3, 0.4) is 0 Å². The van der Waals surface area contributed by atoms with Crippen LogP contribution < -0.4 is 0 Å². The van der Waals surface area contributed by atoms with Gasteiger partial charge in [0.2, 0.25) is 5.60 Å². The van der Waals surface area contributed by atoms with Gasteiger partial charge in [-0.3, -0.25) is 19.2 Å². The van der Waals surface area contributed by atoms with Crippen LogP contribution >= 0.6 is 0 Å². The number of methoxy groups -OCH3 is 1. The number of hydrogen-bond donors (Lipinski definition) is 1. The van der Waals surface area contributed by atoms with Crippen LogP contribution in [-0.2, 0) is 23.9 Å². The highest BCUT2D eigenvalue weighted by Crippen LogP contribution is 2.50. The minimum absolute atomic E-state index is 0.0640. The number of carbonyl (C=O) groups is 4. The molecule has 3 aliphatic rings. The molecule has 1 N–H and O–H groups in total. The maximum absolute atomic E-state index is 12.9. The van der Waals surface area contributed by atoms with E-state index >= 15 is 0 Å². The van der Waals surface area contributed by atoms with Crippen LogP contribution in [0.25, 0.3) is 0 Å². The lowest BCUT2D eigenvalue weighted by atomic mass is 9.55. The van der Waals surface area contributed by atoms with Crippen LogP contribution in [0.15, 0.2) is 0 Å². The number of hydrogen-bond acceptors (Lipinski definition) is 6. The minimum Gasteiger partial charge on any atom is -0.378 e. The van der Waals surface area contributed by atoms with Gasteiger partial charge in [-0.25, -0.2) is 0 Å². The number of ether oxygens (including phenoxy) is 1. The summed E-state index contributed by atoms with van der Waals surface area (Å²) in [6.07, 6.45) is 3.96. The highest BCUT2D eigenvalue weighted by atomic mass is 16.5. The van der Waals surface area contributed by atoms with Crippen molar-refractivity contribution >= 4 is 23.1 Å². The summed E-state index contributed by atoms with van der Waals surface area (Å²) < 4.78 is 5.22. The Labute approximate surface area is 140 Å². The van der Waals surface area contributed by atoms with Crippen molar-refractivity contribution in [2.24, 2.45) is 5.41 Å². The van der Waals surface area contributed by atoms with Gasteiger partial charge in [0, 0.05) is 38.2 Å². The van der Waals surface area contributed by atoms with Crippen LogP contribution in [0.5, 0.6) is 0 Å². The zero-order valence-corrected chi connectivity index (χ0v) is 14.1. The lowest BCUT2D eigenvalue weighted by Gasteiger charge is -2.50. The van der Waals surface area contributed by atoms with Gasteiger partial charge < -0.3 is 9.84 Å². The molecule has 0 aromatic rings. The second-order valence-corrected chi connectivity index (χ2v) is 7.49. The molecule has 0 heterocycles. The van der Waals surface area contributed by atoms with E-state index in [2.05, 4.69) is 0 Å². The Morgan fingerprint density at radius 2 is 1.38 bits per heavy atom. The predicted molar refractivity (Wildman–Crippen MR) is 83.3 cm³/mol. The summed E-state index contributed by atoms with van der Waals surface area (Å²) in [7, 11) is 1.15. The quantitative estimate of drug-likeness (QED) is 0.764. The molecule has 132 valence electrons. The van der Waals surface area contributed by atoms with Gasteiger partial charge in [0.05, 0.1) is 0 Å². The Balaban J connectivity index is 2.01. The number of aliphatic hydroxyl groups is 1. The Morgan fingerprint density at radius 3 is 1.92 bits per heavy atom. The van der Waals surface area contributed by atoms with E-state index in [1.807, 2.05) is 0 Å². The molecular weight excluding hydrogens is 312 g/mol. The fourth-order valence-corrected chi connectivity index (χ4v) is 4.85. The minimum atomic E-state index is -2.36. The molecule has 3 fully saturated rings. The first-order valence-electron chi connectivity index (χ1n) is 8.73. The Hall–Kier alpha value is -1.40. The molecule has 0 bridgehead atoms. The van der Waals surface area contributed by atoms with Crippen molar-refractivity contribution in [3.8, 4) is 0 Å². The third-order valence-electron chi connectivity index (χ3n) is 6.26. The molecule has 6 nitrogen and oxygen atoms in total. The van der Waals surface area contributed by atoms with Crippen molar-refractivity contribution in [2.75, 3.05) is 7.11 Å². The van der Waals surface area contributed by atoms with Gasteiger partial charge in [0.1, 0.15) is 5.78 Å². The molecule has 3 aliphatic carbocycles. The first-order valence-corrected chi connectivity index (χ1v) is 8.73. The van der Waals surface area contributed by atoms with Crippen molar-refractivity contribution in [3.63, 3.8) is 0 Å². The van der Waals surface area contributed by atoms with Crippen LogP contribution in [0, 0.1) is 5.41 Å². The van der Waals surface area contributed by atoms with E-state index in [0.29, 0.717) is 19.3 Å². The molecule has 0 saturated heterocycles. The molecule has 1 unspecified atom stereocenters. The van der Waals surface area contributed by atoms with Crippen molar-refractivity contribution < 1.29 is 29.0 Å². The average molecular weight is 336 g/mol. The normalized spacial score (nSPS) is 33.1. The van der Waals surface area contributed by atoms with Gasteiger partial charge in [0.25, 0.3) is 0 Å². The van der Waals surface area contributed by atoms with Gasteiger partial charge in [-0.1, -0.05) is 19.3 Å². The van der Waals surface area contributed by atoms with Crippen molar-refractivity contribution in [2.45, 2.75) is 75.4 Å². The summed E-state index contributed by atoms with van der Waals surface area (Å²) in [6.45, 7) is 0. The maximum Gasteiger partial charge on any atom is 0.220 e. The Bertz CT molecular complexity index is 585. The monoisotopic (exact) mass is 336 g/mol. The Kier molecular flexibility index (Phi) is 4.24. The van der Waals surface area contributed by atoms with Gasteiger partial charge >= 0.3 is 0 Å². The van der Waals surface area contributed by atoms with Gasteiger partial charge in [0.15, 0.2) is 23.0 Å². The fourth-order valence-electron chi connectivity index (χ4n) is 4.85. The SMILES string of the molecule is COC1(C2(O)CC(=O)C3(CCCCC3)CC2=O)C(=O)CCCC1=O. The first-order chi connectivity index (χ1) is 11.3. The second kappa shape index (κ2) is 5.85. The number of carbonyl (C=O) groups excluding carboxylic acids is 4. The summed E-state index contributed by atoms with van der Waals surface area (Å²) in [4.78, 5) is 50.8. The van der Waals surface area contributed by atoms with Crippen molar-refractivity contribution in [1.29, 1.82) is 0 Å². The van der Waals surface area contributed by atoms with E-state index in [4.69, 9.17) is 4.74 Å². The smallest absolute Gasteiger partial charge is 0.220 e. The second-order valence-electron chi connectivity index (χ2n) is 7.49. The summed E-state index contributed by atoms with van der Waals surface area (Å²) in [5.41, 5.74) is -5.30. The van der Waals surface area contributed by atoms with E-state index in [9.17, 15) is 24.3 Å². The number of ketones is 4. The van der Waals surface area contributed by atoms with Gasteiger partial charge in [-0.2, -0.15) is 0 Å². The largest absolute Gasteiger partial charge is 0.378 e. The third-order valence-corrected chi connectivity index (χ3v) is 6.26. The molecule has 24 heavy (non-hydrogen) atoms. The molecule has 3 rings (SSSR count). The zero-order chi connectivity index (χ0) is 17.6. The molecular formula is C18H24O6. The first kappa shape index (κ1) is 17.4. The van der Waals surface area contributed by atoms with E-state index < -0.39 is 40.4 Å². The van der Waals surface area contributed by atoms with Crippen molar-refractivity contribution in [3.05, 3.63) is 0 Å². The molecule has 0 amide bonds. The average Bonchev–Trinajstić information content (AvgIpc) is 2.55. The number of rotatable bonds is 2. The van der Waals surface area contributed by atoms with E-state index in [1.54, 1.807) is 0 Å². The van der Waals surface area contributed by atoms with E-state index in [1.165, 1.54) is 0 Å². The van der Waals surface area contributed by atoms with Crippen LogP contribution in [0.1, 0.15) is 64.2 Å². The summed E-state index contributed by atoms with van der Waals surface area (Å²) in [6, 6.07) is 0. The maximum atomic E-state index is 12.9. The topological polar surface area (TPSA) is 97.7 Å². The van der Waals surface area contributed by atoms with E-state index in [-0.39, 0.29) is 25.0 Å². The lowest BCUT2D eigenvalue weighted by Crippen LogP contribution is -2.73. The van der Waals surface area contributed by atoms with Crippen LogP contribution in [-0.4, -0.2) is 46.6 Å². The van der Waals surface area contributed by atoms with Gasteiger partial charge in [-0.15, -0.1) is 0 Å². The number of Topliss-reactive ketones (excluding diaryl/α,β-unsaturated/α-hetero) is 4. The highest BCUT2D eigenvalue weighted by Gasteiger charge is 2.69. The molecule has 6 heteroatoms. The zero-order valence-electron chi connectivity index (χ0n) is 14.1. The standard InChI is InChI=1S/C18H24O6/c1-24-18(12(19)6-5-7-13(18)20)17(23)11-14(21)16(10-15(17)22)8-3-2-4-9-16/h23H,2-11H2,1H3. The molecule has 1 spiro atoms. The van der Waals surface area contributed by atoms with Crippen LogP contribution in [0.2, 0.25) is 0 Å². The summed E-state index contributed by atoms with van der Waals surface area (Å²) in [5, 5.41) is 11.1. The molecule has 0 aliphatic heterocycles. The third kappa shape index (κ3) is 2.15. The highest BCUT2D eigenvalue weighted by molar-refractivity contribution is 6.20. The molecule has 0 radical (unpaired) electrons. The van der Waals surface area contributed by atoms with E-state index in [0.717, 1.165) is 26.4 Å². The van der Waals surface area contributed by atoms with Crippen molar-refractivity contribution in [1.82, 2.24) is 0 Å². The molecule has 3 saturated carbocycles. The molecule has 0 aromatic heterocycles. The van der Waals surface area contributed by atoms with Gasteiger partial charge in [-0.05, 0) is 19.3 Å². The van der Waals surface area contributed by atoms with Crippen LogP contribution in [0.4, 0.5) is 0 Å². The molecule has 0 aromatic carbocycles. The predicted octanol–water partition coefficient (Wildman–Crippen LogP) is 1.31. The summed E-state index contributed by atoms with van der Waals surface area (Å²) >= 11 is 0. The fraction of sp³-hybridized carbons (Fsp3) is 0.778. The summed E-state index contributed by atoms with van der Waals surface area (Å²) in [5.74, 6) is -2.00. The lowest BCUT2D eigenvalue weighted by molar-refractivity contribution is -0.203. The Morgan fingerprint density at radius 1 is 0.792 bits per heavy atom. The molecule has 1 atom stereocenters.